The smallest absolute Gasteiger partial charge is 0.331 e. The molecule has 0 aromatic heterocycles. The van der Waals surface area contributed by atoms with Crippen LogP contribution >= 0.6 is 15.9 Å². The average molecular weight is 326 g/mol. The van der Waals surface area contributed by atoms with Crippen LogP contribution in [0.2, 0.25) is 0 Å². The van der Waals surface area contributed by atoms with Crippen LogP contribution in [0.25, 0.3) is 0 Å². The highest BCUT2D eigenvalue weighted by molar-refractivity contribution is 9.10. The summed E-state index contributed by atoms with van der Waals surface area (Å²) in [6.07, 6.45) is 0. The topological polar surface area (TPSA) is 57.6 Å². The van der Waals surface area contributed by atoms with E-state index in [1.807, 2.05) is 24.3 Å². The van der Waals surface area contributed by atoms with Gasteiger partial charge in [-0.25, -0.2) is 4.79 Å². The Labute approximate surface area is 120 Å². The van der Waals surface area contributed by atoms with Crippen molar-refractivity contribution in [2.75, 3.05) is 7.05 Å². The summed E-state index contributed by atoms with van der Waals surface area (Å²) in [6.45, 7) is 3.40. The minimum Gasteiger partial charge on any atom is -0.478 e. The summed E-state index contributed by atoms with van der Waals surface area (Å²) < 4.78 is 0.944. The van der Waals surface area contributed by atoms with Crippen LogP contribution in [0.3, 0.4) is 0 Å². The number of hydrogen-bond acceptors (Lipinski definition) is 2. The van der Waals surface area contributed by atoms with Gasteiger partial charge in [0.15, 0.2) is 0 Å². The molecule has 0 bridgehead atoms. The number of benzene rings is 1. The Balaban J connectivity index is 2.84. The van der Waals surface area contributed by atoms with Crippen molar-refractivity contribution in [1.29, 1.82) is 0 Å². The third-order valence-electron chi connectivity index (χ3n) is 2.86. The third-order valence-corrected chi connectivity index (χ3v) is 3.35. The average Bonchev–Trinajstić information content (AvgIpc) is 2.35. The maximum absolute atomic E-state index is 12.1. The van der Waals surface area contributed by atoms with Crippen LogP contribution in [0, 0.1) is 0 Å². The number of halogens is 1. The molecule has 1 rings (SSSR count). The quantitative estimate of drug-likeness (QED) is 0.866. The van der Waals surface area contributed by atoms with Gasteiger partial charge in [0, 0.05) is 29.2 Å². The molecule has 0 fully saturated rings. The molecule has 1 N–H and O–H groups in total. The largest absolute Gasteiger partial charge is 0.478 e. The van der Waals surface area contributed by atoms with Gasteiger partial charge in [-0.15, -0.1) is 0 Å². The van der Waals surface area contributed by atoms with E-state index >= 15 is 0 Å². The van der Waals surface area contributed by atoms with Gasteiger partial charge in [-0.2, -0.15) is 0 Å². The summed E-state index contributed by atoms with van der Waals surface area (Å²) in [7, 11) is 1.65. The number of likely N-dealkylation sites (N-methyl/N-ethyl adjacent to an activating group) is 1. The van der Waals surface area contributed by atoms with E-state index in [4.69, 9.17) is 5.11 Å². The minimum atomic E-state index is -1.07. The second kappa shape index (κ2) is 6.52. The first-order valence-electron chi connectivity index (χ1n) is 5.73. The third kappa shape index (κ3) is 4.21. The number of nitrogens with zero attached hydrogens (tertiary/aromatic N) is 1. The van der Waals surface area contributed by atoms with Gasteiger partial charge in [0.05, 0.1) is 0 Å². The maximum atomic E-state index is 12.1. The van der Waals surface area contributed by atoms with Crippen molar-refractivity contribution in [2.24, 2.45) is 0 Å². The van der Waals surface area contributed by atoms with Crippen LogP contribution in [-0.2, 0) is 16.1 Å². The molecule has 1 aromatic rings. The summed E-state index contributed by atoms with van der Waals surface area (Å²) in [5.74, 6) is -1.35. The first-order chi connectivity index (χ1) is 8.82. The van der Waals surface area contributed by atoms with Gasteiger partial charge in [-0.3, -0.25) is 4.79 Å². The summed E-state index contributed by atoms with van der Waals surface area (Å²) in [6, 6.07) is 7.64. The molecule has 102 valence electrons. The van der Waals surface area contributed by atoms with Gasteiger partial charge in [0.1, 0.15) is 0 Å². The summed E-state index contributed by atoms with van der Waals surface area (Å²) in [5, 5.41) is 8.87. The maximum Gasteiger partial charge on any atom is 0.331 e. The highest BCUT2D eigenvalue weighted by Crippen LogP contribution is 2.14. The first-order valence-corrected chi connectivity index (χ1v) is 6.53. The van der Waals surface area contributed by atoms with Crippen molar-refractivity contribution in [3.63, 3.8) is 0 Å². The molecular weight excluding hydrogens is 310 g/mol. The van der Waals surface area contributed by atoms with E-state index in [2.05, 4.69) is 15.9 Å². The predicted octanol–water partition coefficient (Wildman–Crippen LogP) is 2.83. The van der Waals surface area contributed by atoms with Crippen LogP contribution in [-0.4, -0.2) is 28.9 Å². The van der Waals surface area contributed by atoms with Crippen molar-refractivity contribution < 1.29 is 14.7 Å². The molecule has 0 aliphatic carbocycles. The lowest BCUT2D eigenvalue weighted by atomic mass is 10.1. The first kappa shape index (κ1) is 15.4. The number of carboxylic acid groups (broad SMARTS) is 1. The van der Waals surface area contributed by atoms with Crippen LogP contribution in [0.5, 0.6) is 0 Å². The zero-order valence-corrected chi connectivity index (χ0v) is 12.7. The van der Waals surface area contributed by atoms with Crippen LogP contribution in [0.1, 0.15) is 19.4 Å². The molecule has 0 saturated heterocycles. The fourth-order valence-electron chi connectivity index (χ4n) is 1.59. The van der Waals surface area contributed by atoms with Gasteiger partial charge in [0.25, 0.3) is 0 Å². The van der Waals surface area contributed by atoms with E-state index in [1.54, 1.807) is 7.05 Å². The molecule has 1 amide bonds. The van der Waals surface area contributed by atoms with E-state index in [0.717, 1.165) is 10.0 Å². The summed E-state index contributed by atoms with van der Waals surface area (Å²) in [5.41, 5.74) is 1.31. The molecule has 19 heavy (non-hydrogen) atoms. The van der Waals surface area contributed by atoms with Gasteiger partial charge in [-0.05, 0) is 31.5 Å². The second-order valence-electron chi connectivity index (χ2n) is 4.35. The molecule has 0 aliphatic rings. The highest BCUT2D eigenvalue weighted by Gasteiger charge is 2.16. The van der Waals surface area contributed by atoms with Gasteiger partial charge < -0.3 is 10.0 Å². The predicted molar refractivity (Wildman–Crippen MR) is 76.6 cm³/mol. The number of rotatable bonds is 4. The van der Waals surface area contributed by atoms with Crippen molar-refractivity contribution in [3.8, 4) is 0 Å². The molecular formula is C14H16BrNO3. The zero-order chi connectivity index (χ0) is 14.6. The Kier molecular flexibility index (Phi) is 5.30. The van der Waals surface area contributed by atoms with Gasteiger partial charge in [-0.1, -0.05) is 28.1 Å². The number of carbonyl (C=O) groups excluding carboxylic acids is 1. The SMILES string of the molecule is CC(C(=O)O)=C(C)C(=O)N(C)Cc1cccc(Br)c1. The Morgan fingerprint density at radius 1 is 1.26 bits per heavy atom. The highest BCUT2D eigenvalue weighted by atomic mass is 79.9. The summed E-state index contributed by atoms with van der Waals surface area (Å²) >= 11 is 3.37. The van der Waals surface area contributed by atoms with E-state index in [9.17, 15) is 9.59 Å². The monoisotopic (exact) mass is 325 g/mol. The van der Waals surface area contributed by atoms with Crippen molar-refractivity contribution in [1.82, 2.24) is 4.90 Å². The zero-order valence-electron chi connectivity index (χ0n) is 11.1. The summed E-state index contributed by atoms with van der Waals surface area (Å²) in [4.78, 5) is 24.4. The molecule has 5 heteroatoms. The van der Waals surface area contributed by atoms with Gasteiger partial charge >= 0.3 is 5.97 Å². The van der Waals surface area contributed by atoms with Crippen molar-refractivity contribution in [2.45, 2.75) is 20.4 Å². The molecule has 0 unspecified atom stereocenters. The normalized spacial score (nSPS) is 11.8. The van der Waals surface area contributed by atoms with Crippen molar-refractivity contribution in [3.05, 3.63) is 45.4 Å². The fourth-order valence-corrected chi connectivity index (χ4v) is 2.03. The lowest BCUT2D eigenvalue weighted by Gasteiger charge is -2.18. The number of carboxylic acids is 1. The number of amides is 1. The molecule has 1 aromatic carbocycles. The molecule has 0 saturated carbocycles. The van der Waals surface area contributed by atoms with Crippen LogP contribution in [0.4, 0.5) is 0 Å². The molecule has 0 aliphatic heterocycles. The number of carbonyl (C=O) groups is 2. The molecule has 0 spiro atoms. The second-order valence-corrected chi connectivity index (χ2v) is 5.26. The van der Waals surface area contributed by atoms with Gasteiger partial charge in [0.2, 0.25) is 5.91 Å². The van der Waals surface area contributed by atoms with E-state index in [1.165, 1.54) is 18.7 Å². The Morgan fingerprint density at radius 2 is 1.89 bits per heavy atom. The van der Waals surface area contributed by atoms with Crippen molar-refractivity contribution >= 4 is 27.8 Å². The Bertz CT molecular complexity index is 537. The van der Waals surface area contributed by atoms with E-state index < -0.39 is 5.97 Å². The van der Waals surface area contributed by atoms with Crippen LogP contribution < -0.4 is 0 Å². The molecule has 0 atom stereocenters. The standard InChI is InChI=1S/C14H16BrNO3/c1-9(10(2)14(18)19)13(17)16(3)8-11-5-4-6-12(15)7-11/h4-7H,8H2,1-3H3,(H,18,19). The van der Waals surface area contributed by atoms with E-state index in [-0.39, 0.29) is 17.1 Å². The molecule has 0 heterocycles. The van der Waals surface area contributed by atoms with E-state index in [0.29, 0.717) is 6.54 Å². The number of hydrogen-bond donors (Lipinski definition) is 1. The lowest BCUT2D eigenvalue weighted by Crippen LogP contribution is -2.28. The Hall–Kier alpha value is -1.62. The fraction of sp³-hybridized carbons (Fsp3) is 0.286. The molecule has 4 nitrogen and oxygen atoms in total. The Morgan fingerprint density at radius 3 is 2.42 bits per heavy atom. The minimum absolute atomic E-state index is 0.0751. The number of aliphatic carboxylic acids is 1. The van der Waals surface area contributed by atoms with Crippen LogP contribution in [0.15, 0.2) is 39.9 Å². The molecule has 0 radical (unpaired) electrons. The lowest BCUT2D eigenvalue weighted by molar-refractivity contribution is -0.133.